The molecule has 1 atom stereocenters. The van der Waals surface area contributed by atoms with Crippen LogP contribution >= 0.6 is 0 Å². The fraction of sp³-hybridized carbons (Fsp3) is 0.625. The van der Waals surface area contributed by atoms with Gasteiger partial charge in [-0.25, -0.2) is 0 Å². The zero-order valence-corrected chi connectivity index (χ0v) is 6.40. The van der Waals surface area contributed by atoms with E-state index >= 15 is 0 Å². The van der Waals surface area contributed by atoms with Crippen LogP contribution in [0.25, 0.3) is 0 Å². The quantitative estimate of drug-likeness (QED) is 0.645. The van der Waals surface area contributed by atoms with E-state index in [0.29, 0.717) is 0 Å². The van der Waals surface area contributed by atoms with Crippen molar-refractivity contribution in [3.8, 4) is 0 Å². The minimum atomic E-state index is 0.217. The molecule has 60 valence electrons. The van der Waals surface area contributed by atoms with E-state index in [1.54, 1.807) is 0 Å². The largest absolute Gasteiger partial charge is 0.394 e. The summed E-state index contributed by atoms with van der Waals surface area (Å²) in [4.78, 5) is 0. The molecule has 3 nitrogen and oxygen atoms in total. The van der Waals surface area contributed by atoms with Gasteiger partial charge in [-0.05, 0) is 25.3 Å². The average molecular weight is 152 g/mol. The number of hydrogen-bond donors (Lipinski definition) is 1. The van der Waals surface area contributed by atoms with Gasteiger partial charge < -0.3 is 5.11 Å². The molecule has 3 heteroatoms. The topological polar surface area (TPSA) is 38.1 Å². The van der Waals surface area contributed by atoms with Crippen LogP contribution in [0.15, 0.2) is 12.3 Å². The highest BCUT2D eigenvalue weighted by atomic mass is 16.3. The second-order valence-electron chi connectivity index (χ2n) is 3.00. The van der Waals surface area contributed by atoms with Gasteiger partial charge in [-0.15, -0.1) is 0 Å². The molecule has 2 heterocycles. The van der Waals surface area contributed by atoms with Crippen molar-refractivity contribution in [2.75, 3.05) is 6.61 Å². The third kappa shape index (κ3) is 1.05. The summed E-state index contributed by atoms with van der Waals surface area (Å²) >= 11 is 0. The van der Waals surface area contributed by atoms with E-state index < -0.39 is 0 Å². The Balaban J connectivity index is 2.32. The zero-order chi connectivity index (χ0) is 7.68. The Morgan fingerprint density at radius 1 is 1.73 bits per heavy atom. The summed E-state index contributed by atoms with van der Waals surface area (Å²) < 4.78 is 1.95. The van der Waals surface area contributed by atoms with Gasteiger partial charge in [0, 0.05) is 11.9 Å². The Bertz CT molecular complexity index is 244. The van der Waals surface area contributed by atoms with Crippen molar-refractivity contribution in [3.63, 3.8) is 0 Å². The number of aliphatic hydroxyl groups excluding tert-OH is 1. The number of aromatic nitrogens is 2. The molecule has 0 saturated heterocycles. The molecule has 1 aromatic rings. The minimum absolute atomic E-state index is 0.217. The maximum atomic E-state index is 9.00. The minimum Gasteiger partial charge on any atom is -0.394 e. The second-order valence-corrected chi connectivity index (χ2v) is 3.00. The van der Waals surface area contributed by atoms with Crippen LogP contribution < -0.4 is 0 Å². The highest BCUT2D eigenvalue weighted by Gasteiger charge is 2.18. The maximum Gasteiger partial charge on any atom is 0.0753 e. The van der Waals surface area contributed by atoms with Gasteiger partial charge in [-0.3, -0.25) is 4.68 Å². The lowest BCUT2D eigenvalue weighted by Gasteiger charge is -2.22. The molecule has 2 rings (SSSR count). The van der Waals surface area contributed by atoms with E-state index in [4.69, 9.17) is 5.11 Å². The van der Waals surface area contributed by atoms with Gasteiger partial charge in [-0.2, -0.15) is 5.10 Å². The summed E-state index contributed by atoms with van der Waals surface area (Å²) in [5.41, 5.74) is 1.26. The Morgan fingerprint density at radius 2 is 2.64 bits per heavy atom. The first kappa shape index (κ1) is 6.85. The standard InChI is InChI=1S/C8H12N2O/c11-6-8-3-1-2-7-4-5-9-10(7)8/h4-5,8,11H,1-3,6H2. The molecule has 0 amide bonds. The number of fused-ring (bicyclic) bond motifs is 1. The normalized spacial score (nSPS) is 23.2. The smallest absolute Gasteiger partial charge is 0.0753 e. The molecule has 0 bridgehead atoms. The summed E-state index contributed by atoms with van der Waals surface area (Å²) in [6.07, 6.45) is 5.15. The van der Waals surface area contributed by atoms with E-state index in [1.807, 2.05) is 16.9 Å². The second kappa shape index (κ2) is 2.66. The lowest BCUT2D eigenvalue weighted by atomic mass is 10.0. The number of nitrogens with zero attached hydrogens (tertiary/aromatic N) is 2. The fourth-order valence-corrected chi connectivity index (χ4v) is 1.68. The molecular formula is C8H12N2O. The van der Waals surface area contributed by atoms with Crippen molar-refractivity contribution >= 4 is 0 Å². The molecule has 1 aliphatic heterocycles. The van der Waals surface area contributed by atoms with E-state index in [0.717, 1.165) is 12.8 Å². The van der Waals surface area contributed by atoms with Crippen LogP contribution in [0.1, 0.15) is 24.6 Å². The number of hydrogen-bond acceptors (Lipinski definition) is 2. The van der Waals surface area contributed by atoms with E-state index in [1.165, 1.54) is 12.1 Å². The van der Waals surface area contributed by atoms with Gasteiger partial charge >= 0.3 is 0 Å². The van der Waals surface area contributed by atoms with Crippen molar-refractivity contribution in [3.05, 3.63) is 18.0 Å². The van der Waals surface area contributed by atoms with Gasteiger partial charge in [-0.1, -0.05) is 0 Å². The molecule has 0 spiro atoms. The van der Waals surface area contributed by atoms with Crippen LogP contribution in [0, 0.1) is 0 Å². The van der Waals surface area contributed by atoms with E-state index in [9.17, 15) is 0 Å². The molecule has 1 N–H and O–H groups in total. The first-order valence-corrected chi connectivity index (χ1v) is 4.05. The predicted octanol–water partition coefficient (Wildman–Crippen LogP) is 0.753. The van der Waals surface area contributed by atoms with Gasteiger partial charge in [0.05, 0.1) is 12.6 Å². The van der Waals surface area contributed by atoms with Crippen LogP contribution in [0.2, 0.25) is 0 Å². The molecule has 0 radical (unpaired) electrons. The molecule has 0 aliphatic carbocycles. The average Bonchev–Trinajstić information content (AvgIpc) is 2.50. The molecule has 0 saturated carbocycles. The summed E-state index contributed by atoms with van der Waals surface area (Å²) in [5, 5.41) is 13.2. The van der Waals surface area contributed by atoms with Crippen LogP contribution in [0.3, 0.4) is 0 Å². The van der Waals surface area contributed by atoms with Crippen LogP contribution in [-0.2, 0) is 6.42 Å². The van der Waals surface area contributed by atoms with Gasteiger partial charge in [0.2, 0.25) is 0 Å². The lowest BCUT2D eigenvalue weighted by Crippen LogP contribution is -2.21. The molecular weight excluding hydrogens is 140 g/mol. The third-order valence-electron chi connectivity index (χ3n) is 2.28. The van der Waals surface area contributed by atoms with Crippen molar-refractivity contribution in [1.82, 2.24) is 9.78 Å². The Hall–Kier alpha value is -0.830. The molecule has 0 fully saturated rings. The third-order valence-corrected chi connectivity index (χ3v) is 2.28. The highest BCUT2D eigenvalue weighted by Crippen LogP contribution is 2.22. The van der Waals surface area contributed by atoms with Gasteiger partial charge in [0.15, 0.2) is 0 Å². The SMILES string of the molecule is OCC1CCCc2ccnn21. The van der Waals surface area contributed by atoms with Crippen molar-refractivity contribution in [2.45, 2.75) is 25.3 Å². The van der Waals surface area contributed by atoms with Crippen LogP contribution in [0.4, 0.5) is 0 Å². The van der Waals surface area contributed by atoms with E-state index in [2.05, 4.69) is 5.10 Å². The van der Waals surface area contributed by atoms with Crippen LogP contribution in [-0.4, -0.2) is 21.5 Å². The first-order valence-electron chi connectivity index (χ1n) is 4.05. The number of rotatable bonds is 1. The Kier molecular flexibility index (Phi) is 1.66. The first-order chi connectivity index (χ1) is 5.42. The number of aryl methyl sites for hydroxylation is 1. The highest BCUT2D eigenvalue weighted by molar-refractivity contribution is 5.04. The van der Waals surface area contributed by atoms with Crippen molar-refractivity contribution in [1.29, 1.82) is 0 Å². The summed E-state index contributed by atoms with van der Waals surface area (Å²) in [6, 6.07) is 2.26. The fourth-order valence-electron chi connectivity index (χ4n) is 1.68. The summed E-state index contributed by atoms with van der Waals surface area (Å²) in [6.45, 7) is 0.217. The monoisotopic (exact) mass is 152 g/mol. The van der Waals surface area contributed by atoms with Crippen molar-refractivity contribution in [2.24, 2.45) is 0 Å². The molecule has 11 heavy (non-hydrogen) atoms. The predicted molar refractivity (Wildman–Crippen MR) is 41.3 cm³/mol. The zero-order valence-electron chi connectivity index (χ0n) is 6.40. The van der Waals surface area contributed by atoms with E-state index in [-0.39, 0.29) is 12.6 Å². The summed E-state index contributed by atoms with van der Waals surface area (Å²) in [5.74, 6) is 0. The van der Waals surface area contributed by atoms with Crippen molar-refractivity contribution < 1.29 is 5.11 Å². The van der Waals surface area contributed by atoms with Crippen LogP contribution in [0.5, 0.6) is 0 Å². The summed E-state index contributed by atoms with van der Waals surface area (Å²) in [7, 11) is 0. The number of aliphatic hydroxyl groups is 1. The molecule has 1 aliphatic rings. The molecule has 0 aromatic carbocycles. The van der Waals surface area contributed by atoms with Gasteiger partial charge in [0.25, 0.3) is 0 Å². The lowest BCUT2D eigenvalue weighted by molar-refractivity contribution is 0.196. The molecule has 1 aromatic heterocycles. The Morgan fingerprint density at radius 3 is 3.45 bits per heavy atom. The molecule has 1 unspecified atom stereocenters. The van der Waals surface area contributed by atoms with Gasteiger partial charge in [0.1, 0.15) is 0 Å². The Labute approximate surface area is 65.7 Å². The maximum absolute atomic E-state index is 9.00.